The van der Waals surface area contributed by atoms with E-state index in [2.05, 4.69) is 15.7 Å². The van der Waals surface area contributed by atoms with E-state index in [1.165, 1.54) is 0 Å². The molecule has 0 radical (unpaired) electrons. The molecule has 1 aliphatic rings. The summed E-state index contributed by atoms with van der Waals surface area (Å²) in [6, 6.07) is 0. The molecule has 0 aromatic rings. The standard InChI is InChI=1S/C8H13FO7S/c1-2-3-17(12,13)14-4-5-6(10)7(11)8(15-5)16-9/h2,5-8,10-11H,1,3-4H2/t5-,6-,7-,8?/m1/s1. The van der Waals surface area contributed by atoms with Crippen LogP contribution in [0.2, 0.25) is 0 Å². The molecule has 1 unspecified atom stereocenters. The molecule has 17 heavy (non-hydrogen) atoms. The van der Waals surface area contributed by atoms with Gasteiger partial charge in [-0.3, -0.25) is 4.18 Å². The summed E-state index contributed by atoms with van der Waals surface area (Å²) in [5.41, 5.74) is 0. The van der Waals surface area contributed by atoms with Crippen LogP contribution in [-0.4, -0.2) is 55.6 Å². The first-order chi connectivity index (χ1) is 7.91. The summed E-state index contributed by atoms with van der Waals surface area (Å²) in [6.45, 7) is 2.68. The van der Waals surface area contributed by atoms with Crippen molar-refractivity contribution in [3.63, 3.8) is 0 Å². The third-order valence-electron chi connectivity index (χ3n) is 2.14. The fourth-order valence-electron chi connectivity index (χ4n) is 1.29. The van der Waals surface area contributed by atoms with E-state index in [-0.39, 0.29) is 0 Å². The van der Waals surface area contributed by atoms with Gasteiger partial charge in [0.2, 0.25) is 6.29 Å². The van der Waals surface area contributed by atoms with Crippen molar-refractivity contribution in [3.05, 3.63) is 12.7 Å². The summed E-state index contributed by atoms with van der Waals surface area (Å²) in [5.74, 6) is -0.401. The van der Waals surface area contributed by atoms with Gasteiger partial charge in [-0.05, 0) is 4.53 Å². The molecule has 7 nitrogen and oxygen atoms in total. The van der Waals surface area contributed by atoms with E-state index in [0.717, 1.165) is 6.08 Å². The molecule has 4 atom stereocenters. The van der Waals surface area contributed by atoms with Crippen LogP contribution in [0.15, 0.2) is 12.7 Å². The minimum atomic E-state index is -3.81. The summed E-state index contributed by atoms with van der Waals surface area (Å²) in [5, 5.41) is 18.6. The Kier molecular flexibility index (Phi) is 4.98. The van der Waals surface area contributed by atoms with E-state index in [1.807, 2.05) is 0 Å². The van der Waals surface area contributed by atoms with E-state index in [9.17, 15) is 23.2 Å². The lowest BCUT2D eigenvalue weighted by molar-refractivity contribution is -0.287. The molecule has 1 heterocycles. The Morgan fingerprint density at radius 2 is 2.06 bits per heavy atom. The number of hydrogen-bond acceptors (Lipinski definition) is 7. The van der Waals surface area contributed by atoms with Gasteiger partial charge in [0.1, 0.15) is 18.3 Å². The molecule has 0 aromatic carbocycles. The van der Waals surface area contributed by atoms with Crippen LogP contribution in [0.25, 0.3) is 0 Å². The lowest BCUT2D eigenvalue weighted by atomic mass is 10.1. The molecule has 2 N–H and O–H groups in total. The molecule has 0 aliphatic carbocycles. The van der Waals surface area contributed by atoms with Crippen molar-refractivity contribution < 1.29 is 37.0 Å². The zero-order valence-corrected chi connectivity index (χ0v) is 9.55. The smallest absolute Gasteiger partial charge is 0.271 e. The predicted octanol–water partition coefficient (Wildman–Crippen LogP) is -1.13. The van der Waals surface area contributed by atoms with Crippen molar-refractivity contribution in [2.24, 2.45) is 0 Å². The minimum absolute atomic E-state index is 0.401. The fraction of sp³-hybridized carbons (Fsp3) is 0.750. The summed E-state index contributed by atoms with van der Waals surface area (Å²) in [6.07, 6.45) is -4.81. The third kappa shape index (κ3) is 3.69. The Bertz CT molecular complexity index is 357. The molecule has 9 heteroatoms. The average Bonchev–Trinajstić information content (AvgIpc) is 2.53. The van der Waals surface area contributed by atoms with Crippen LogP contribution in [0, 0.1) is 0 Å². The molecule has 1 rings (SSSR count). The van der Waals surface area contributed by atoms with Crippen LogP contribution in [-0.2, 0) is 24.0 Å². The highest BCUT2D eigenvalue weighted by Gasteiger charge is 2.44. The van der Waals surface area contributed by atoms with Crippen LogP contribution in [0.3, 0.4) is 0 Å². The second-order valence-corrected chi connectivity index (χ2v) is 5.10. The van der Waals surface area contributed by atoms with Crippen molar-refractivity contribution in [1.29, 1.82) is 0 Å². The molecular formula is C8H13FO7S. The Balaban J connectivity index is 2.51. The Labute approximate surface area is 97.4 Å². The molecule has 1 saturated heterocycles. The SMILES string of the molecule is C=CCS(=O)(=O)OC[C@H]1OC(OF)[C@H](O)[C@@H]1O. The van der Waals surface area contributed by atoms with Crippen LogP contribution in [0.4, 0.5) is 4.53 Å². The van der Waals surface area contributed by atoms with Gasteiger partial charge in [-0.1, -0.05) is 6.08 Å². The molecule has 1 aliphatic heterocycles. The van der Waals surface area contributed by atoms with E-state index in [0.29, 0.717) is 0 Å². The zero-order chi connectivity index (χ0) is 13.1. The second kappa shape index (κ2) is 5.85. The van der Waals surface area contributed by atoms with Gasteiger partial charge in [0.05, 0.1) is 12.4 Å². The van der Waals surface area contributed by atoms with Gasteiger partial charge in [0, 0.05) is 0 Å². The molecular weight excluding hydrogens is 259 g/mol. The van der Waals surface area contributed by atoms with Crippen molar-refractivity contribution in [1.82, 2.24) is 0 Å². The van der Waals surface area contributed by atoms with Gasteiger partial charge in [-0.15, -0.1) is 6.58 Å². The van der Waals surface area contributed by atoms with Crippen molar-refractivity contribution >= 4 is 10.1 Å². The molecule has 0 amide bonds. The summed E-state index contributed by atoms with van der Waals surface area (Å²) >= 11 is 0. The second-order valence-electron chi connectivity index (χ2n) is 3.41. The third-order valence-corrected chi connectivity index (χ3v) is 3.28. The van der Waals surface area contributed by atoms with Gasteiger partial charge in [0.15, 0.2) is 0 Å². The van der Waals surface area contributed by atoms with Gasteiger partial charge < -0.3 is 14.9 Å². The molecule has 0 bridgehead atoms. The zero-order valence-electron chi connectivity index (χ0n) is 8.73. The van der Waals surface area contributed by atoms with Crippen LogP contribution in [0.5, 0.6) is 0 Å². The maximum absolute atomic E-state index is 11.8. The Morgan fingerprint density at radius 1 is 1.41 bits per heavy atom. The Morgan fingerprint density at radius 3 is 2.53 bits per heavy atom. The quantitative estimate of drug-likeness (QED) is 0.465. The van der Waals surface area contributed by atoms with E-state index in [1.54, 1.807) is 0 Å². The van der Waals surface area contributed by atoms with E-state index in [4.69, 9.17) is 4.74 Å². The number of ether oxygens (including phenoxy) is 1. The maximum Gasteiger partial charge on any atom is 0.271 e. The van der Waals surface area contributed by atoms with Crippen LogP contribution in [0.1, 0.15) is 0 Å². The van der Waals surface area contributed by atoms with Gasteiger partial charge in [-0.2, -0.15) is 13.4 Å². The summed E-state index contributed by atoms with van der Waals surface area (Å²) < 4.78 is 43.3. The maximum atomic E-state index is 11.8. The van der Waals surface area contributed by atoms with Crippen molar-refractivity contribution in [2.75, 3.05) is 12.4 Å². The lowest BCUT2D eigenvalue weighted by Gasteiger charge is -2.13. The van der Waals surface area contributed by atoms with E-state index >= 15 is 0 Å². The Hall–Kier alpha value is -0.580. The van der Waals surface area contributed by atoms with E-state index < -0.39 is 47.1 Å². The lowest BCUT2D eigenvalue weighted by Crippen LogP contribution is -2.35. The van der Waals surface area contributed by atoms with Crippen molar-refractivity contribution in [2.45, 2.75) is 24.6 Å². The number of halogens is 1. The van der Waals surface area contributed by atoms with Gasteiger partial charge >= 0.3 is 0 Å². The number of aliphatic hydroxyl groups excluding tert-OH is 2. The van der Waals surface area contributed by atoms with Crippen LogP contribution < -0.4 is 0 Å². The van der Waals surface area contributed by atoms with Crippen molar-refractivity contribution in [3.8, 4) is 0 Å². The molecule has 1 fully saturated rings. The highest BCUT2D eigenvalue weighted by molar-refractivity contribution is 7.86. The normalized spacial score (nSPS) is 33.8. The van der Waals surface area contributed by atoms with Gasteiger partial charge in [-0.25, -0.2) is 0 Å². The molecule has 0 spiro atoms. The fourth-order valence-corrected chi connectivity index (χ4v) is 2.02. The first kappa shape index (κ1) is 14.5. The molecule has 0 saturated carbocycles. The highest BCUT2D eigenvalue weighted by Crippen LogP contribution is 2.23. The first-order valence-corrected chi connectivity index (χ1v) is 6.26. The molecule has 100 valence electrons. The predicted molar refractivity (Wildman–Crippen MR) is 52.8 cm³/mol. The topological polar surface area (TPSA) is 102 Å². The number of aliphatic hydroxyl groups is 2. The minimum Gasteiger partial charge on any atom is -0.387 e. The largest absolute Gasteiger partial charge is 0.387 e. The van der Waals surface area contributed by atoms with Crippen LogP contribution >= 0.6 is 0 Å². The number of rotatable bonds is 6. The van der Waals surface area contributed by atoms with Gasteiger partial charge in [0.25, 0.3) is 10.1 Å². The summed E-state index contributed by atoms with van der Waals surface area (Å²) in [4.78, 5) is 3.25. The number of hydrogen-bond donors (Lipinski definition) is 2. The first-order valence-electron chi connectivity index (χ1n) is 4.68. The monoisotopic (exact) mass is 272 g/mol. The highest BCUT2D eigenvalue weighted by atomic mass is 32.2. The average molecular weight is 272 g/mol. The summed E-state index contributed by atoms with van der Waals surface area (Å²) in [7, 11) is -3.81. The molecule has 0 aromatic heterocycles.